The van der Waals surface area contributed by atoms with E-state index in [2.05, 4.69) is 10.1 Å². The average Bonchev–Trinajstić information content (AvgIpc) is 2.84. The lowest BCUT2D eigenvalue weighted by Gasteiger charge is -2.04. The molecule has 1 aromatic heterocycles. The summed E-state index contributed by atoms with van der Waals surface area (Å²) >= 11 is 0. The van der Waals surface area contributed by atoms with Gasteiger partial charge in [0.05, 0.1) is 0 Å². The fraction of sp³-hybridized carbons (Fsp3) is 0.308. The van der Waals surface area contributed by atoms with Gasteiger partial charge >= 0.3 is 5.97 Å². The molecule has 0 spiro atoms. The van der Waals surface area contributed by atoms with Crippen LogP contribution in [0.4, 0.5) is 0 Å². The summed E-state index contributed by atoms with van der Waals surface area (Å²) in [6.45, 7) is 3.42. The Kier molecular flexibility index (Phi) is 3.91. The van der Waals surface area contributed by atoms with Crippen LogP contribution < -0.4 is 0 Å². The highest BCUT2D eigenvalue weighted by molar-refractivity contribution is 5.71. The first kappa shape index (κ1) is 13.2. The van der Waals surface area contributed by atoms with Crippen molar-refractivity contribution in [2.24, 2.45) is 0 Å². The zero-order valence-corrected chi connectivity index (χ0v) is 10.7. The molecule has 0 aliphatic heterocycles. The minimum atomic E-state index is -1.03. The van der Waals surface area contributed by atoms with E-state index in [4.69, 9.17) is 14.4 Å². The normalized spacial score (nSPS) is 12.3. The molecule has 19 heavy (non-hydrogen) atoms. The number of carboxylic acid groups (broad SMARTS) is 1. The van der Waals surface area contributed by atoms with Crippen LogP contribution in [0.5, 0.6) is 0 Å². The number of carbonyl (C=O) groups is 1. The monoisotopic (exact) mass is 262 g/mol. The molecule has 100 valence electrons. The highest BCUT2D eigenvalue weighted by Crippen LogP contribution is 2.18. The molecule has 0 radical (unpaired) electrons. The van der Waals surface area contributed by atoms with E-state index in [-0.39, 0.29) is 6.61 Å². The topological polar surface area (TPSA) is 85.5 Å². The largest absolute Gasteiger partial charge is 0.479 e. The van der Waals surface area contributed by atoms with Gasteiger partial charge < -0.3 is 14.4 Å². The molecule has 1 aromatic carbocycles. The SMILES string of the molecule is Cc1cccc(-c2nc(COC(C)C(=O)O)no2)c1. The van der Waals surface area contributed by atoms with Gasteiger partial charge in [-0.25, -0.2) is 4.79 Å². The summed E-state index contributed by atoms with van der Waals surface area (Å²) in [4.78, 5) is 14.8. The molecule has 0 amide bonds. The zero-order valence-electron chi connectivity index (χ0n) is 10.7. The van der Waals surface area contributed by atoms with Crippen molar-refractivity contribution in [2.45, 2.75) is 26.6 Å². The first-order valence-corrected chi connectivity index (χ1v) is 5.80. The van der Waals surface area contributed by atoms with Crippen molar-refractivity contribution >= 4 is 5.97 Å². The van der Waals surface area contributed by atoms with Crippen LogP contribution in [0.25, 0.3) is 11.5 Å². The number of benzene rings is 1. The van der Waals surface area contributed by atoms with Crippen LogP contribution in [-0.4, -0.2) is 27.3 Å². The summed E-state index contributed by atoms with van der Waals surface area (Å²) in [5, 5.41) is 12.4. The van der Waals surface area contributed by atoms with E-state index in [9.17, 15) is 4.79 Å². The summed E-state index contributed by atoms with van der Waals surface area (Å²) in [6.07, 6.45) is -0.902. The number of nitrogens with zero attached hydrogens (tertiary/aromatic N) is 2. The fourth-order valence-electron chi connectivity index (χ4n) is 1.48. The Morgan fingerprint density at radius 1 is 1.53 bits per heavy atom. The number of carboxylic acids is 1. The maximum atomic E-state index is 10.6. The van der Waals surface area contributed by atoms with Gasteiger partial charge in [0.1, 0.15) is 6.61 Å². The summed E-state index contributed by atoms with van der Waals surface area (Å²) in [5.41, 5.74) is 1.91. The molecule has 0 saturated carbocycles. The van der Waals surface area contributed by atoms with Crippen molar-refractivity contribution in [1.29, 1.82) is 0 Å². The third kappa shape index (κ3) is 3.38. The molecule has 6 nitrogen and oxygen atoms in total. The number of hydrogen-bond acceptors (Lipinski definition) is 5. The maximum Gasteiger partial charge on any atom is 0.332 e. The Morgan fingerprint density at radius 2 is 2.32 bits per heavy atom. The second kappa shape index (κ2) is 5.62. The van der Waals surface area contributed by atoms with E-state index in [1.807, 2.05) is 31.2 Å². The molecule has 1 unspecified atom stereocenters. The van der Waals surface area contributed by atoms with Crippen LogP contribution >= 0.6 is 0 Å². The number of hydrogen-bond donors (Lipinski definition) is 1. The Balaban J connectivity index is 2.05. The zero-order chi connectivity index (χ0) is 13.8. The minimum Gasteiger partial charge on any atom is -0.479 e. The van der Waals surface area contributed by atoms with Gasteiger partial charge in [-0.1, -0.05) is 22.9 Å². The van der Waals surface area contributed by atoms with Crippen molar-refractivity contribution < 1.29 is 19.2 Å². The highest BCUT2D eigenvalue weighted by atomic mass is 16.5. The molecular weight excluding hydrogens is 248 g/mol. The molecule has 2 rings (SSSR count). The van der Waals surface area contributed by atoms with Crippen molar-refractivity contribution in [3.8, 4) is 11.5 Å². The van der Waals surface area contributed by atoms with Crippen LogP contribution in [0.1, 0.15) is 18.3 Å². The molecule has 1 N–H and O–H groups in total. The van der Waals surface area contributed by atoms with Gasteiger partial charge in [0.25, 0.3) is 5.89 Å². The van der Waals surface area contributed by atoms with E-state index in [1.54, 1.807) is 0 Å². The molecule has 1 atom stereocenters. The molecule has 6 heteroatoms. The quantitative estimate of drug-likeness (QED) is 0.887. The van der Waals surface area contributed by atoms with Crippen LogP contribution in [0.15, 0.2) is 28.8 Å². The molecule has 0 saturated heterocycles. The van der Waals surface area contributed by atoms with E-state index in [0.717, 1.165) is 11.1 Å². The number of aromatic nitrogens is 2. The van der Waals surface area contributed by atoms with Gasteiger partial charge in [-0.3, -0.25) is 0 Å². The molecular formula is C13H14N2O4. The van der Waals surface area contributed by atoms with Crippen molar-refractivity contribution in [3.63, 3.8) is 0 Å². The molecule has 0 aliphatic carbocycles. The summed E-state index contributed by atoms with van der Waals surface area (Å²) in [5.74, 6) is -0.308. The van der Waals surface area contributed by atoms with E-state index in [1.165, 1.54) is 6.92 Å². The van der Waals surface area contributed by atoms with Gasteiger partial charge in [0, 0.05) is 5.56 Å². The van der Waals surface area contributed by atoms with Crippen molar-refractivity contribution in [3.05, 3.63) is 35.7 Å². The molecule has 2 aromatic rings. The third-order valence-electron chi connectivity index (χ3n) is 2.54. The Bertz CT molecular complexity index is 580. The van der Waals surface area contributed by atoms with Gasteiger partial charge in [-0.05, 0) is 26.0 Å². The Hall–Kier alpha value is -2.21. The van der Waals surface area contributed by atoms with Crippen molar-refractivity contribution in [2.75, 3.05) is 0 Å². The van der Waals surface area contributed by atoms with Crippen molar-refractivity contribution in [1.82, 2.24) is 10.1 Å². The van der Waals surface area contributed by atoms with Gasteiger partial charge in [-0.15, -0.1) is 0 Å². The first-order chi connectivity index (χ1) is 9.06. The molecule has 0 fully saturated rings. The lowest BCUT2D eigenvalue weighted by atomic mass is 10.1. The second-order valence-corrected chi connectivity index (χ2v) is 4.18. The Morgan fingerprint density at radius 3 is 3.00 bits per heavy atom. The summed E-state index contributed by atoms with van der Waals surface area (Å²) < 4.78 is 10.2. The summed E-state index contributed by atoms with van der Waals surface area (Å²) in [7, 11) is 0. The van der Waals surface area contributed by atoms with Gasteiger partial charge in [0.2, 0.25) is 0 Å². The van der Waals surface area contributed by atoms with Crippen LogP contribution in [0.2, 0.25) is 0 Å². The number of ether oxygens (including phenoxy) is 1. The van der Waals surface area contributed by atoms with Crippen LogP contribution in [0.3, 0.4) is 0 Å². The van der Waals surface area contributed by atoms with E-state index in [0.29, 0.717) is 11.7 Å². The number of aryl methyl sites for hydroxylation is 1. The van der Waals surface area contributed by atoms with E-state index < -0.39 is 12.1 Å². The smallest absolute Gasteiger partial charge is 0.332 e. The minimum absolute atomic E-state index is 0.00276. The molecule has 0 bridgehead atoms. The van der Waals surface area contributed by atoms with Gasteiger partial charge in [-0.2, -0.15) is 4.98 Å². The summed E-state index contributed by atoms with van der Waals surface area (Å²) in [6, 6.07) is 7.67. The van der Waals surface area contributed by atoms with Crippen LogP contribution in [-0.2, 0) is 16.1 Å². The molecule has 0 aliphatic rings. The maximum absolute atomic E-state index is 10.6. The predicted octanol–water partition coefficient (Wildman–Crippen LogP) is 2.03. The van der Waals surface area contributed by atoms with E-state index >= 15 is 0 Å². The highest BCUT2D eigenvalue weighted by Gasteiger charge is 2.14. The standard InChI is InChI=1S/C13H14N2O4/c1-8-4-3-5-10(6-8)12-14-11(15-19-12)7-18-9(2)13(16)17/h3-6,9H,7H2,1-2H3,(H,16,17). The molecule has 1 heterocycles. The Labute approximate surface area is 110 Å². The third-order valence-corrected chi connectivity index (χ3v) is 2.54. The fourth-order valence-corrected chi connectivity index (χ4v) is 1.48. The predicted molar refractivity (Wildman–Crippen MR) is 66.4 cm³/mol. The number of rotatable bonds is 5. The van der Waals surface area contributed by atoms with Gasteiger partial charge in [0.15, 0.2) is 11.9 Å². The lowest BCUT2D eigenvalue weighted by molar-refractivity contribution is -0.150. The lowest BCUT2D eigenvalue weighted by Crippen LogP contribution is -2.19. The number of aliphatic carboxylic acids is 1. The average molecular weight is 262 g/mol. The van der Waals surface area contributed by atoms with Crippen LogP contribution in [0, 0.1) is 6.92 Å². The second-order valence-electron chi connectivity index (χ2n) is 4.18. The first-order valence-electron chi connectivity index (χ1n) is 5.80.